The minimum atomic E-state index is 0.731. The van der Waals surface area contributed by atoms with Crippen molar-refractivity contribution in [2.24, 2.45) is 0 Å². The molecule has 1 aliphatic rings. The fraction of sp³-hybridized carbons (Fsp3) is 0.538. The van der Waals surface area contributed by atoms with Crippen molar-refractivity contribution in [1.82, 2.24) is 4.90 Å². The van der Waals surface area contributed by atoms with Crippen LogP contribution < -0.4 is 0 Å². The van der Waals surface area contributed by atoms with Crippen molar-refractivity contribution in [3.05, 3.63) is 35.4 Å². The number of methoxy groups -OCH3 is 1. The predicted octanol–water partition coefficient (Wildman–Crippen LogP) is 1.74. The molecule has 1 rings (SSSR count). The van der Waals surface area contributed by atoms with Crippen LogP contribution in [0.15, 0.2) is 35.4 Å². The van der Waals surface area contributed by atoms with Gasteiger partial charge in [-0.05, 0) is 25.6 Å². The van der Waals surface area contributed by atoms with Crippen LogP contribution in [0.5, 0.6) is 0 Å². The van der Waals surface area contributed by atoms with Gasteiger partial charge in [0.05, 0.1) is 13.2 Å². The van der Waals surface area contributed by atoms with Crippen LogP contribution in [0.3, 0.4) is 0 Å². The first-order chi connectivity index (χ1) is 7.83. The maximum absolute atomic E-state index is 5.55. The Morgan fingerprint density at radius 1 is 1.25 bits per heavy atom. The Hall–Kier alpha value is -1.24. The quantitative estimate of drug-likeness (QED) is 0.460. The molecule has 0 aromatic heterocycles. The van der Waals surface area contributed by atoms with E-state index in [1.165, 1.54) is 0 Å². The van der Waals surface area contributed by atoms with Crippen LogP contribution in [0.1, 0.15) is 6.42 Å². The van der Waals surface area contributed by atoms with Crippen LogP contribution in [-0.2, 0) is 9.47 Å². The van der Waals surface area contributed by atoms with E-state index in [1.54, 1.807) is 19.3 Å². The lowest BCUT2D eigenvalue weighted by atomic mass is 10.3. The fourth-order valence-corrected chi connectivity index (χ4v) is 1.31. The molecule has 0 aromatic rings. The maximum Gasteiger partial charge on any atom is 0.128 e. The number of likely N-dealkylation sites (N-methyl/N-ethyl adjacent to an activating group) is 1. The zero-order chi connectivity index (χ0) is 11.6. The topological polar surface area (TPSA) is 21.7 Å². The van der Waals surface area contributed by atoms with E-state index in [-0.39, 0.29) is 0 Å². The van der Waals surface area contributed by atoms with Crippen LogP contribution in [0, 0.1) is 0 Å². The average molecular weight is 221 g/mol. The summed E-state index contributed by atoms with van der Waals surface area (Å²) in [6.45, 7) is 3.49. The molecule has 0 atom stereocenters. The van der Waals surface area contributed by atoms with Gasteiger partial charge in [0, 0.05) is 26.3 Å². The Kier molecular flexibility index (Phi) is 6.39. The van der Waals surface area contributed by atoms with Gasteiger partial charge in [-0.1, -0.05) is 11.5 Å². The summed E-state index contributed by atoms with van der Waals surface area (Å²) in [6, 6.07) is 0. The molecule has 0 fully saturated rings. The van der Waals surface area contributed by atoms with E-state index >= 15 is 0 Å². The van der Waals surface area contributed by atoms with E-state index in [2.05, 4.69) is 23.4 Å². The summed E-state index contributed by atoms with van der Waals surface area (Å²) in [5.41, 5.74) is 5.70. The zero-order valence-corrected chi connectivity index (χ0v) is 10.0. The van der Waals surface area contributed by atoms with Crippen LogP contribution in [-0.4, -0.2) is 45.4 Å². The van der Waals surface area contributed by atoms with Crippen molar-refractivity contribution in [1.29, 1.82) is 0 Å². The summed E-state index contributed by atoms with van der Waals surface area (Å²) in [5.74, 6) is 0.860. The predicted molar refractivity (Wildman–Crippen MR) is 64.2 cm³/mol. The van der Waals surface area contributed by atoms with E-state index in [0.29, 0.717) is 0 Å². The van der Waals surface area contributed by atoms with Crippen molar-refractivity contribution < 1.29 is 9.47 Å². The molecule has 0 aromatic carbocycles. The lowest BCUT2D eigenvalue weighted by Gasteiger charge is -2.15. The third-order valence-corrected chi connectivity index (χ3v) is 2.26. The molecule has 0 unspecified atom stereocenters. The van der Waals surface area contributed by atoms with E-state index in [0.717, 1.165) is 38.5 Å². The van der Waals surface area contributed by atoms with Gasteiger partial charge in [-0.2, -0.15) is 0 Å². The number of hydrogen-bond acceptors (Lipinski definition) is 3. The Morgan fingerprint density at radius 2 is 2.12 bits per heavy atom. The van der Waals surface area contributed by atoms with Crippen LogP contribution in [0.2, 0.25) is 0 Å². The number of nitrogens with zero attached hydrogens (tertiary/aromatic N) is 1. The first-order valence-corrected chi connectivity index (χ1v) is 5.51. The molecule has 0 radical (unpaired) electrons. The van der Waals surface area contributed by atoms with Crippen molar-refractivity contribution >= 4 is 0 Å². The Labute approximate surface area is 97.3 Å². The SMILES string of the molecule is COCCN(C)CCCOC1=CC=C=C=C1. The molecular weight excluding hydrogens is 202 g/mol. The number of allylic oxidation sites excluding steroid dienone is 3. The van der Waals surface area contributed by atoms with Crippen LogP contribution >= 0.6 is 0 Å². The van der Waals surface area contributed by atoms with Gasteiger partial charge in [0.25, 0.3) is 0 Å². The summed E-state index contributed by atoms with van der Waals surface area (Å²) < 4.78 is 10.6. The van der Waals surface area contributed by atoms with E-state index in [4.69, 9.17) is 9.47 Å². The molecule has 0 saturated carbocycles. The molecule has 88 valence electrons. The summed E-state index contributed by atoms with van der Waals surface area (Å²) >= 11 is 0. The van der Waals surface area contributed by atoms with E-state index in [9.17, 15) is 0 Å². The fourth-order valence-electron chi connectivity index (χ4n) is 1.31. The zero-order valence-electron chi connectivity index (χ0n) is 10.0. The van der Waals surface area contributed by atoms with Gasteiger partial charge in [0.2, 0.25) is 0 Å². The maximum atomic E-state index is 5.55. The van der Waals surface area contributed by atoms with Crippen LogP contribution in [0.4, 0.5) is 0 Å². The van der Waals surface area contributed by atoms with Crippen molar-refractivity contribution in [2.45, 2.75) is 6.42 Å². The molecule has 0 spiro atoms. The van der Waals surface area contributed by atoms with Crippen molar-refractivity contribution in [3.63, 3.8) is 0 Å². The Bertz CT molecular complexity index is 321. The number of rotatable bonds is 8. The molecule has 0 aliphatic heterocycles. The minimum Gasteiger partial charge on any atom is -0.493 e. The van der Waals surface area contributed by atoms with Gasteiger partial charge in [-0.3, -0.25) is 0 Å². The average Bonchev–Trinajstić information content (AvgIpc) is 2.33. The highest BCUT2D eigenvalue weighted by Crippen LogP contribution is 2.02. The summed E-state index contributed by atoms with van der Waals surface area (Å²) in [7, 11) is 3.81. The van der Waals surface area contributed by atoms with Crippen molar-refractivity contribution in [3.8, 4) is 0 Å². The highest BCUT2D eigenvalue weighted by molar-refractivity contribution is 5.21. The third-order valence-electron chi connectivity index (χ3n) is 2.26. The summed E-state index contributed by atoms with van der Waals surface area (Å²) in [5, 5.41) is 0. The second kappa shape index (κ2) is 7.98. The lowest BCUT2D eigenvalue weighted by molar-refractivity contribution is 0.151. The first kappa shape index (κ1) is 12.8. The smallest absolute Gasteiger partial charge is 0.128 e. The van der Waals surface area contributed by atoms with E-state index in [1.807, 2.05) is 6.08 Å². The van der Waals surface area contributed by atoms with Crippen LogP contribution in [0.25, 0.3) is 0 Å². The van der Waals surface area contributed by atoms with E-state index < -0.39 is 0 Å². The highest BCUT2D eigenvalue weighted by atomic mass is 16.5. The Balaban J connectivity index is 2.02. The summed E-state index contributed by atoms with van der Waals surface area (Å²) in [6.07, 6.45) is 6.51. The number of hydrogen-bond donors (Lipinski definition) is 0. The monoisotopic (exact) mass is 221 g/mol. The minimum absolute atomic E-state index is 0.731. The van der Waals surface area contributed by atoms with Gasteiger partial charge < -0.3 is 14.4 Å². The molecular formula is C13H19NO2. The lowest BCUT2D eigenvalue weighted by Crippen LogP contribution is -2.24. The first-order valence-electron chi connectivity index (χ1n) is 5.51. The molecule has 0 heterocycles. The van der Waals surface area contributed by atoms with Gasteiger partial charge in [0.15, 0.2) is 0 Å². The largest absolute Gasteiger partial charge is 0.493 e. The molecule has 0 bridgehead atoms. The number of ether oxygens (including phenoxy) is 2. The highest BCUT2D eigenvalue weighted by Gasteiger charge is 1.98. The second-order valence-electron chi connectivity index (χ2n) is 3.67. The van der Waals surface area contributed by atoms with Gasteiger partial charge in [-0.25, -0.2) is 0 Å². The molecule has 1 aliphatic carbocycles. The Morgan fingerprint density at radius 3 is 2.81 bits per heavy atom. The third kappa shape index (κ3) is 5.59. The molecule has 0 N–H and O–H groups in total. The molecule has 0 amide bonds. The summed E-state index contributed by atoms with van der Waals surface area (Å²) in [4.78, 5) is 2.23. The van der Waals surface area contributed by atoms with Gasteiger partial charge >= 0.3 is 0 Å². The molecule has 3 nitrogen and oxygen atoms in total. The standard InChI is InChI=1S/C13H19NO2/c1-14(10-12-15-2)9-6-11-16-13-7-4-3-5-8-13/h4,7-8H,6,9-12H2,1-2H3. The normalized spacial score (nSPS) is 13.3. The molecule has 0 saturated heterocycles. The van der Waals surface area contributed by atoms with Crippen molar-refractivity contribution in [2.75, 3.05) is 40.5 Å². The molecule has 16 heavy (non-hydrogen) atoms. The molecule has 3 heteroatoms. The second-order valence-corrected chi connectivity index (χ2v) is 3.67. The van der Waals surface area contributed by atoms with Gasteiger partial charge in [0.1, 0.15) is 5.76 Å². The van der Waals surface area contributed by atoms with Gasteiger partial charge in [-0.15, -0.1) is 0 Å².